The summed E-state index contributed by atoms with van der Waals surface area (Å²) >= 11 is 1.25. The number of hydrogen-bond acceptors (Lipinski definition) is 6. The van der Waals surface area contributed by atoms with Gasteiger partial charge in [-0.05, 0) is 24.3 Å². The maximum absolute atomic E-state index is 12.2. The van der Waals surface area contributed by atoms with E-state index < -0.39 is 23.5 Å². The highest BCUT2D eigenvalue weighted by molar-refractivity contribution is 8.00. The first-order valence-electron chi connectivity index (χ1n) is 7.95. The summed E-state index contributed by atoms with van der Waals surface area (Å²) in [6.45, 7) is 0.0716. The second-order valence-electron chi connectivity index (χ2n) is 5.64. The predicted molar refractivity (Wildman–Crippen MR) is 94.4 cm³/mol. The zero-order chi connectivity index (χ0) is 17.6. The van der Waals surface area contributed by atoms with E-state index in [-0.39, 0.29) is 11.9 Å². The SMILES string of the molecule is O=C(OC[C@H]1SC(O)CC1OC(=O)c1ccccc1)c1ccccc1. The lowest BCUT2D eigenvalue weighted by Gasteiger charge is -2.19. The largest absolute Gasteiger partial charge is 0.461 e. The van der Waals surface area contributed by atoms with Crippen LogP contribution >= 0.6 is 11.8 Å². The quantitative estimate of drug-likeness (QED) is 0.829. The summed E-state index contributed by atoms with van der Waals surface area (Å²) in [5.74, 6) is -0.879. The van der Waals surface area contributed by atoms with Gasteiger partial charge in [0.05, 0.1) is 16.4 Å². The minimum Gasteiger partial charge on any atom is -0.461 e. The number of aliphatic hydroxyl groups is 1. The average molecular weight is 358 g/mol. The predicted octanol–water partition coefficient (Wildman–Crippen LogP) is 2.89. The zero-order valence-electron chi connectivity index (χ0n) is 13.4. The lowest BCUT2D eigenvalue weighted by atomic mass is 10.2. The van der Waals surface area contributed by atoms with Gasteiger partial charge < -0.3 is 14.6 Å². The standard InChI is InChI=1S/C19H18O5S/c20-17-11-15(24-19(22)14-9-5-2-6-10-14)16(25-17)12-23-18(21)13-7-3-1-4-8-13/h1-10,15-17,20H,11-12H2/t15?,16-,17?/m1/s1. The summed E-state index contributed by atoms with van der Waals surface area (Å²) in [6.07, 6.45) is -0.187. The zero-order valence-corrected chi connectivity index (χ0v) is 14.2. The molecule has 0 bridgehead atoms. The second kappa shape index (κ2) is 8.18. The van der Waals surface area contributed by atoms with Crippen molar-refractivity contribution in [2.75, 3.05) is 6.61 Å². The Hall–Kier alpha value is -2.31. The van der Waals surface area contributed by atoms with E-state index in [0.29, 0.717) is 17.5 Å². The normalized spacial score (nSPS) is 22.4. The molecule has 6 heteroatoms. The van der Waals surface area contributed by atoms with Gasteiger partial charge in [-0.15, -0.1) is 11.8 Å². The van der Waals surface area contributed by atoms with E-state index in [0.717, 1.165) is 0 Å². The first-order chi connectivity index (χ1) is 12.1. The molecule has 1 N–H and O–H groups in total. The summed E-state index contributed by atoms with van der Waals surface area (Å²) in [4.78, 5) is 24.2. The molecule has 2 aromatic rings. The molecule has 0 amide bonds. The van der Waals surface area contributed by atoms with Gasteiger partial charge in [0.15, 0.2) is 0 Å². The summed E-state index contributed by atoms with van der Waals surface area (Å²) in [6, 6.07) is 17.4. The highest BCUT2D eigenvalue weighted by Gasteiger charge is 2.38. The Bertz CT molecular complexity index is 719. The first-order valence-corrected chi connectivity index (χ1v) is 8.89. The van der Waals surface area contributed by atoms with Gasteiger partial charge in [0.2, 0.25) is 0 Å². The van der Waals surface area contributed by atoms with Crippen molar-refractivity contribution in [1.82, 2.24) is 0 Å². The van der Waals surface area contributed by atoms with Crippen molar-refractivity contribution in [3.05, 3.63) is 71.8 Å². The third kappa shape index (κ3) is 4.61. The minimum atomic E-state index is -0.644. The van der Waals surface area contributed by atoms with Gasteiger partial charge in [-0.2, -0.15) is 0 Å². The van der Waals surface area contributed by atoms with Crippen LogP contribution in [0.2, 0.25) is 0 Å². The molecule has 0 aliphatic carbocycles. The van der Waals surface area contributed by atoms with E-state index >= 15 is 0 Å². The smallest absolute Gasteiger partial charge is 0.338 e. The second-order valence-corrected chi connectivity index (χ2v) is 7.06. The number of carbonyl (C=O) groups is 2. The molecular weight excluding hydrogens is 340 g/mol. The van der Waals surface area contributed by atoms with Gasteiger partial charge in [-0.1, -0.05) is 36.4 Å². The molecule has 0 radical (unpaired) electrons. The Morgan fingerprint density at radius 1 is 0.960 bits per heavy atom. The fourth-order valence-corrected chi connectivity index (χ4v) is 3.75. The molecule has 1 heterocycles. The maximum Gasteiger partial charge on any atom is 0.338 e. The van der Waals surface area contributed by atoms with Crippen LogP contribution in [-0.4, -0.2) is 40.4 Å². The topological polar surface area (TPSA) is 72.8 Å². The summed E-state index contributed by atoms with van der Waals surface area (Å²) in [5, 5.41) is 9.57. The van der Waals surface area contributed by atoms with Gasteiger partial charge in [0.1, 0.15) is 18.1 Å². The summed E-state index contributed by atoms with van der Waals surface area (Å²) in [7, 11) is 0. The third-order valence-electron chi connectivity index (χ3n) is 3.84. The fourth-order valence-electron chi connectivity index (χ4n) is 2.56. The number of thioether (sulfide) groups is 1. The number of ether oxygens (including phenoxy) is 2. The number of rotatable bonds is 5. The van der Waals surface area contributed by atoms with Gasteiger partial charge in [0.25, 0.3) is 0 Å². The molecule has 0 spiro atoms. The molecule has 1 fully saturated rings. The fraction of sp³-hybridized carbons (Fsp3) is 0.263. The van der Waals surface area contributed by atoms with Crippen molar-refractivity contribution < 1.29 is 24.2 Å². The molecule has 25 heavy (non-hydrogen) atoms. The van der Waals surface area contributed by atoms with Crippen molar-refractivity contribution in [2.45, 2.75) is 23.2 Å². The average Bonchev–Trinajstić information content (AvgIpc) is 3.00. The van der Waals surface area contributed by atoms with Crippen LogP contribution in [0.15, 0.2) is 60.7 Å². The molecule has 0 aromatic heterocycles. The molecule has 5 nitrogen and oxygen atoms in total. The van der Waals surface area contributed by atoms with Gasteiger partial charge in [-0.3, -0.25) is 0 Å². The Labute approximate surface area is 150 Å². The van der Waals surface area contributed by atoms with E-state index in [1.54, 1.807) is 48.5 Å². The molecule has 2 aromatic carbocycles. The molecule has 1 aliphatic rings. The number of hydrogen-bond donors (Lipinski definition) is 1. The number of aliphatic hydroxyl groups excluding tert-OH is 1. The van der Waals surface area contributed by atoms with Crippen molar-refractivity contribution in [1.29, 1.82) is 0 Å². The lowest BCUT2D eigenvalue weighted by Crippen LogP contribution is -2.29. The van der Waals surface area contributed by atoms with Crippen LogP contribution in [0.25, 0.3) is 0 Å². The number of esters is 2. The van der Waals surface area contributed by atoms with E-state index in [1.807, 2.05) is 12.1 Å². The van der Waals surface area contributed by atoms with Crippen LogP contribution in [0.5, 0.6) is 0 Å². The molecule has 2 unspecified atom stereocenters. The van der Waals surface area contributed by atoms with Crippen molar-refractivity contribution in [3.8, 4) is 0 Å². The monoisotopic (exact) mass is 358 g/mol. The Morgan fingerprint density at radius 3 is 2.12 bits per heavy atom. The van der Waals surface area contributed by atoms with Crippen molar-refractivity contribution >= 4 is 23.7 Å². The van der Waals surface area contributed by atoms with E-state index in [4.69, 9.17) is 9.47 Å². The highest BCUT2D eigenvalue weighted by atomic mass is 32.2. The molecule has 130 valence electrons. The Morgan fingerprint density at radius 2 is 1.52 bits per heavy atom. The van der Waals surface area contributed by atoms with Gasteiger partial charge in [-0.25, -0.2) is 9.59 Å². The highest BCUT2D eigenvalue weighted by Crippen LogP contribution is 2.35. The van der Waals surface area contributed by atoms with E-state index in [9.17, 15) is 14.7 Å². The summed E-state index contributed by atoms with van der Waals surface area (Å²) in [5.41, 5.74) is 0.270. The molecule has 0 saturated carbocycles. The number of carbonyl (C=O) groups excluding carboxylic acids is 2. The van der Waals surface area contributed by atoms with Crippen LogP contribution in [-0.2, 0) is 9.47 Å². The molecule has 1 aliphatic heterocycles. The molecule has 3 rings (SSSR count). The molecule has 3 atom stereocenters. The molecular formula is C19H18O5S. The van der Waals surface area contributed by atoms with Crippen LogP contribution in [0, 0.1) is 0 Å². The number of benzene rings is 2. The van der Waals surface area contributed by atoms with Crippen LogP contribution in [0.3, 0.4) is 0 Å². The first kappa shape index (κ1) is 17.5. The van der Waals surface area contributed by atoms with Crippen molar-refractivity contribution in [3.63, 3.8) is 0 Å². The van der Waals surface area contributed by atoms with E-state index in [2.05, 4.69) is 0 Å². The Kier molecular flexibility index (Phi) is 5.73. The van der Waals surface area contributed by atoms with Crippen LogP contribution in [0.1, 0.15) is 27.1 Å². The van der Waals surface area contributed by atoms with Crippen molar-refractivity contribution in [2.24, 2.45) is 0 Å². The Balaban J connectivity index is 1.58. The third-order valence-corrected chi connectivity index (χ3v) is 5.13. The molecule has 1 saturated heterocycles. The van der Waals surface area contributed by atoms with Crippen LogP contribution in [0.4, 0.5) is 0 Å². The summed E-state index contributed by atoms with van der Waals surface area (Å²) < 4.78 is 10.8. The van der Waals surface area contributed by atoms with Gasteiger partial charge in [0, 0.05) is 6.42 Å². The van der Waals surface area contributed by atoms with E-state index in [1.165, 1.54) is 11.8 Å². The lowest BCUT2D eigenvalue weighted by molar-refractivity contribution is 0.0178. The minimum absolute atomic E-state index is 0.0716. The maximum atomic E-state index is 12.2. The van der Waals surface area contributed by atoms with Gasteiger partial charge >= 0.3 is 11.9 Å². The van der Waals surface area contributed by atoms with Crippen LogP contribution < -0.4 is 0 Å².